The fraction of sp³-hybridized carbons (Fsp3) is 0.818. The van der Waals surface area contributed by atoms with Gasteiger partial charge in [-0.1, -0.05) is 0 Å². The van der Waals surface area contributed by atoms with Crippen LogP contribution in [0.25, 0.3) is 0 Å². The van der Waals surface area contributed by atoms with E-state index < -0.39 is 42.1 Å². The first-order valence-electron chi connectivity index (χ1n) is 11.6. The smallest absolute Gasteiger partial charge is 0.256 e. The van der Waals surface area contributed by atoms with Gasteiger partial charge in [-0.05, 0) is 25.7 Å². The fourth-order valence-corrected chi connectivity index (χ4v) is 6.22. The van der Waals surface area contributed by atoms with Gasteiger partial charge in [0.1, 0.15) is 12.3 Å². The lowest BCUT2D eigenvalue weighted by Crippen LogP contribution is -2.70. The van der Waals surface area contributed by atoms with Crippen LogP contribution in [0.5, 0.6) is 0 Å². The molecular formula is C22H30ClF2N3O4. The molecule has 1 N–H and O–H groups in total. The molecule has 0 aromatic rings. The van der Waals surface area contributed by atoms with Crippen LogP contribution in [-0.4, -0.2) is 103 Å². The molecule has 7 nitrogen and oxygen atoms in total. The molecular weight excluding hydrogens is 444 g/mol. The molecule has 0 aromatic carbocycles. The Morgan fingerprint density at radius 1 is 1.22 bits per heavy atom. The van der Waals surface area contributed by atoms with Crippen LogP contribution in [0.15, 0.2) is 11.8 Å². The number of hydrogen-bond donors (Lipinski definition) is 1. The number of morpholine rings is 2. The Morgan fingerprint density at radius 3 is 2.78 bits per heavy atom. The molecule has 32 heavy (non-hydrogen) atoms. The number of carbonyl (C=O) groups excluding carboxylic acids is 2. The summed E-state index contributed by atoms with van der Waals surface area (Å²) in [7, 11) is 0. The van der Waals surface area contributed by atoms with Crippen molar-refractivity contribution in [3.63, 3.8) is 0 Å². The van der Waals surface area contributed by atoms with Gasteiger partial charge >= 0.3 is 0 Å². The molecule has 0 radical (unpaired) electrons. The first-order chi connectivity index (χ1) is 15.4. The third kappa shape index (κ3) is 4.06. The van der Waals surface area contributed by atoms with Gasteiger partial charge in [0.15, 0.2) is 12.0 Å². The molecule has 3 heterocycles. The Balaban J connectivity index is 1.35. The molecule has 178 valence electrons. The lowest BCUT2D eigenvalue weighted by atomic mass is 9.71. The second-order valence-electron chi connectivity index (χ2n) is 9.47. The third-order valence-corrected chi connectivity index (χ3v) is 7.98. The number of nitrogens with zero attached hydrogens (tertiary/aromatic N) is 2. The van der Waals surface area contributed by atoms with E-state index in [2.05, 4.69) is 10.2 Å². The lowest BCUT2D eigenvalue weighted by Gasteiger charge is -2.58. The summed E-state index contributed by atoms with van der Waals surface area (Å²) < 4.78 is 40.7. The lowest BCUT2D eigenvalue weighted by molar-refractivity contribution is -0.209. The minimum atomic E-state index is -1.79. The van der Waals surface area contributed by atoms with Gasteiger partial charge < -0.3 is 19.7 Å². The molecule has 10 heteroatoms. The summed E-state index contributed by atoms with van der Waals surface area (Å²) in [5, 5.41) is 2.76. The van der Waals surface area contributed by atoms with E-state index in [0.717, 1.165) is 25.9 Å². The summed E-state index contributed by atoms with van der Waals surface area (Å²) >= 11 is 6.32. The van der Waals surface area contributed by atoms with Crippen molar-refractivity contribution < 1.29 is 27.8 Å². The number of ketones is 1. The minimum Gasteiger partial charge on any atom is -0.379 e. The monoisotopic (exact) mass is 473 g/mol. The summed E-state index contributed by atoms with van der Waals surface area (Å²) in [5.74, 6) is -1.66. The highest BCUT2D eigenvalue weighted by Gasteiger charge is 2.59. The van der Waals surface area contributed by atoms with E-state index in [0.29, 0.717) is 32.7 Å². The predicted octanol–water partition coefficient (Wildman–Crippen LogP) is 1.20. The van der Waals surface area contributed by atoms with Crippen molar-refractivity contribution in [2.45, 2.75) is 67.7 Å². The number of alkyl halides is 3. The number of Topliss-reactive ketones (excluding diaryl/α,β-unsaturated/α-hetero) is 1. The SMILES string of the molecule is O=C(NCCN1CCOCC1)C1=CN2C3CCC(Cl)CC3OC3C(F)C(F)CC(C1=O)C32. The summed E-state index contributed by atoms with van der Waals surface area (Å²) in [4.78, 5) is 30.3. The van der Waals surface area contributed by atoms with Crippen molar-refractivity contribution in [3.05, 3.63) is 11.8 Å². The summed E-state index contributed by atoms with van der Waals surface area (Å²) in [6, 6.07) is -0.677. The number of fused-ring (bicyclic) bond motifs is 2. The zero-order chi connectivity index (χ0) is 22.4. The molecule has 0 bridgehead atoms. The van der Waals surface area contributed by atoms with Crippen molar-refractivity contribution in [2.75, 3.05) is 39.4 Å². The van der Waals surface area contributed by atoms with Crippen LogP contribution in [0.3, 0.4) is 0 Å². The Kier molecular flexibility index (Phi) is 6.44. The molecule has 4 fully saturated rings. The normalized spacial score (nSPS) is 42.0. The first kappa shape index (κ1) is 22.5. The molecule has 0 spiro atoms. The van der Waals surface area contributed by atoms with Crippen molar-refractivity contribution in [3.8, 4) is 0 Å². The number of nitrogens with one attached hydrogen (secondary N) is 1. The second-order valence-corrected chi connectivity index (χ2v) is 10.1. The number of hydrogen-bond acceptors (Lipinski definition) is 6. The predicted molar refractivity (Wildman–Crippen MR) is 113 cm³/mol. The third-order valence-electron chi connectivity index (χ3n) is 7.58. The van der Waals surface area contributed by atoms with Gasteiger partial charge in [0.25, 0.3) is 5.91 Å². The van der Waals surface area contributed by atoms with E-state index in [1.54, 1.807) is 6.20 Å². The highest BCUT2D eigenvalue weighted by Crippen LogP contribution is 2.46. The molecule has 8 atom stereocenters. The largest absolute Gasteiger partial charge is 0.379 e. The maximum Gasteiger partial charge on any atom is 0.256 e. The second kappa shape index (κ2) is 9.16. The van der Waals surface area contributed by atoms with E-state index in [-0.39, 0.29) is 29.5 Å². The first-order valence-corrected chi connectivity index (χ1v) is 12.1. The van der Waals surface area contributed by atoms with Crippen LogP contribution >= 0.6 is 11.6 Å². The minimum absolute atomic E-state index is 0.0325. The van der Waals surface area contributed by atoms with Gasteiger partial charge in [0.05, 0.1) is 37.0 Å². The molecule has 5 aliphatic rings. The van der Waals surface area contributed by atoms with Gasteiger partial charge in [0.2, 0.25) is 0 Å². The number of ether oxygens (including phenoxy) is 2. The quantitative estimate of drug-likeness (QED) is 0.488. The fourth-order valence-electron chi connectivity index (χ4n) is 5.92. The average Bonchev–Trinajstić information content (AvgIpc) is 2.79. The Labute approximate surface area is 191 Å². The molecule has 2 aliphatic carbocycles. The van der Waals surface area contributed by atoms with E-state index in [9.17, 15) is 18.4 Å². The molecule has 1 amide bonds. The van der Waals surface area contributed by atoms with E-state index in [4.69, 9.17) is 21.1 Å². The topological polar surface area (TPSA) is 71.1 Å². The van der Waals surface area contributed by atoms with E-state index in [1.807, 2.05) is 4.90 Å². The van der Waals surface area contributed by atoms with Crippen molar-refractivity contribution >= 4 is 23.3 Å². The van der Waals surface area contributed by atoms with Crippen molar-refractivity contribution in [1.29, 1.82) is 0 Å². The molecule has 5 rings (SSSR count). The van der Waals surface area contributed by atoms with E-state index >= 15 is 0 Å². The zero-order valence-corrected chi connectivity index (χ0v) is 18.7. The number of halogens is 3. The Bertz CT molecular complexity index is 780. The van der Waals surface area contributed by atoms with Gasteiger partial charge in [0, 0.05) is 43.7 Å². The Hall–Kier alpha value is -1.29. The van der Waals surface area contributed by atoms with Crippen LogP contribution in [0.4, 0.5) is 8.78 Å². The summed E-state index contributed by atoms with van der Waals surface area (Å²) in [6.45, 7) is 4.03. The molecule has 2 saturated heterocycles. The maximum absolute atomic E-state index is 14.8. The summed E-state index contributed by atoms with van der Waals surface area (Å²) in [5.41, 5.74) is 0.0325. The van der Waals surface area contributed by atoms with E-state index in [1.165, 1.54) is 0 Å². The van der Waals surface area contributed by atoms with Crippen LogP contribution in [0, 0.1) is 5.92 Å². The number of rotatable bonds is 4. The highest BCUT2D eigenvalue weighted by molar-refractivity contribution is 6.21. The van der Waals surface area contributed by atoms with Gasteiger partial charge in [-0.15, -0.1) is 11.6 Å². The van der Waals surface area contributed by atoms with Gasteiger partial charge in [-0.2, -0.15) is 0 Å². The average molecular weight is 474 g/mol. The highest BCUT2D eigenvalue weighted by atomic mass is 35.5. The van der Waals surface area contributed by atoms with Crippen LogP contribution < -0.4 is 5.32 Å². The summed E-state index contributed by atoms with van der Waals surface area (Å²) in [6.07, 6.45) is -1.55. The zero-order valence-electron chi connectivity index (χ0n) is 17.9. The number of carbonyl (C=O) groups is 2. The van der Waals surface area contributed by atoms with Gasteiger partial charge in [-0.25, -0.2) is 8.78 Å². The number of amides is 1. The van der Waals surface area contributed by atoms with Crippen LogP contribution in [-0.2, 0) is 19.1 Å². The molecule has 8 unspecified atom stereocenters. The molecule has 2 saturated carbocycles. The standard InChI is InChI=1S/C22H30ClF2N3O4/c23-12-1-2-16-17(9-12)32-21-18(25)15(24)10-13-19(21)28(16)11-14(20(13)29)22(30)26-3-4-27-5-7-31-8-6-27/h11-13,15-19,21H,1-10H2,(H,26,30). The Morgan fingerprint density at radius 2 is 2.00 bits per heavy atom. The van der Waals surface area contributed by atoms with Crippen molar-refractivity contribution in [2.24, 2.45) is 5.92 Å². The van der Waals surface area contributed by atoms with Crippen LogP contribution in [0.1, 0.15) is 25.7 Å². The van der Waals surface area contributed by atoms with Crippen LogP contribution in [0.2, 0.25) is 0 Å². The molecule has 3 aliphatic heterocycles. The van der Waals surface area contributed by atoms with Gasteiger partial charge in [-0.3, -0.25) is 14.5 Å². The molecule has 0 aromatic heterocycles. The maximum atomic E-state index is 14.8. The van der Waals surface area contributed by atoms with Crippen molar-refractivity contribution in [1.82, 2.24) is 15.1 Å².